The van der Waals surface area contributed by atoms with Crippen LogP contribution < -0.4 is 15.7 Å². The first-order chi connectivity index (χ1) is 16.5. The maximum Gasteiger partial charge on any atom is 0.338 e. The second-order valence-electron chi connectivity index (χ2n) is 7.24. The van der Waals surface area contributed by atoms with Gasteiger partial charge in [0.25, 0.3) is 5.56 Å². The van der Waals surface area contributed by atoms with Gasteiger partial charge in [0.1, 0.15) is 16.1 Å². The molecule has 5 aromatic rings. The van der Waals surface area contributed by atoms with Gasteiger partial charge < -0.3 is 9.15 Å². The Hall–Kier alpha value is -4.37. The number of ether oxygens (including phenoxy) is 1. The molecule has 2 aromatic carbocycles. The summed E-state index contributed by atoms with van der Waals surface area (Å²) in [7, 11) is 0. The largest absolute Gasteiger partial charge is 0.462 e. The number of hydrogen-bond acceptors (Lipinski definition) is 8. The molecule has 0 aliphatic rings. The summed E-state index contributed by atoms with van der Waals surface area (Å²) in [5.74, 6) is 0.651. The van der Waals surface area contributed by atoms with Gasteiger partial charge in [0.05, 0.1) is 12.2 Å². The quantitative estimate of drug-likeness (QED) is 0.363. The lowest BCUT2D eigenvalue weighted by Crippen LogP contribution is -2.26. The molecule has 9 heteroatoms. The minimum atomic E-state index is -0.495. The predicted octanol–water partition coefficient (Wildman–Crippen LogP) is 3.16. The fourth-order valence-corrected chi connectivity index (χ4v) is 4.27. The molecule has 0 aliphatic carbocycles. The molecule has 168 valence electrons. The van der Waals surface area contributed by atoms with E-state index in [1.165, 1.54) is 0 Å². The zero-order valence-corrected chi connectivity index (χ0v) is 18.7. The average molecular weight is 471 g/mol. The van der Waals surface area contributed by atoms with E-state index in [4.69, 9.17) is 9.15 Å². The predicted molar refractivity (Wildman–Crippen MR) is 128 cm³/mol. The molecule has 0 amide bonds. The molecule has 8 nitrogen and oxygen atoms in total. The van der Waals surface area contributed by atoms with Crippen molar-refractivity contribution in [3.63, 3.8) is 0 Å². The smallest absolute Gasteiger partial charge is 0.338 e. The third-order valence-corrected chi connectivity index (χ3v) is 5.97. The van der Waals surface area contributed by atoms with E-state index in [2.05, 4.69) is 10.1 Å². The Labute approximate surface area is 196 Å². The number of nitrogens with zero attached hydrogens (tertiary/aromatic N) is 3. The van der Waals surface area contributed by atoms with E-state index < -0.39 is 5.56 Å². The zero-order valence-electron chi connectivity index (χ0n) is 17.9. The van der Waals surface area contributed by atoms with Gasteiger partial charge in [0.15, 0.2) is 5.69 Å². The number of furan rings is 1. The van der Waals surface area contributed by atoms with E-state index in [-0.39, 0.29) is 22.2 Å². The lowest BCUT2D eigenvalue weighted by molar-refractivity contribution is 0.0526. The van der Waals surface area contributed by atoms with Gasteiger partial charge in [-0.15, -0.1) is 0 Å². The van der Waals surface area contributed by atoms with Crippen molar-refractivity contribution in [2.75, 3.05) is 6.61 Å². The van der Waals surface area contributed by atoms with Crippen LogP contribution in [0.15, 0.2) is 80.7 Å². The standard InChI is InChI=1S/C25H17N3O5S/c1-2-32-24(31)17-10-8-15(9-11-17)19-13-12-18(33-19)14-20-23(30)28-25(34-20)26-22(29)21(27-28)16-6-4-3-5-7-16/h3-14H,2H2,1H3/b20-14-. The number of esters is 1. The highest BCUT2D eigenvalue weighted by Gasteiger charge is 2.13. The third kappa shape index (κ3) is 4.04. The Bertz CT molecular complexity index is 1670. The van der Waals surface area contributed by atoms with Crippen LogP contribution >= 0.6 is 11.3 Å². The Morgan fingerprint density at radius 2 is 1.79 bits per heavy atom. The molecule has 5 rings (SSSR count). The van der Waals surface area contributed by atoms with Crippen LogP contribution in [-0.2, 0) is 4.74 Å². The lowest BCUT2D eigenvalue weighted by atomic mass is 10.1. The Balaban J connectivity index is 1.49. The SMILES string of the molecule is CCOC(=O)c1ccc(-c2ccc(/C=c3\sc4nc(=O)c(-c5ccccc5)nn4c3=O)o2)cc1. The monoisotopic (exact) mass is 471 g/mol. The van der Waals surface area contributed by atoms with Gasteiger partial charge in [-0.05, 0) is 31.2 Å². The number of carbonyl (C=O) groups excluding carboxylic acids is 1. The van der Waals surface area contributed by atoms with Crippen LogP contribution in [-0.4, -0.2) is 27.2 Å². The number of rotatable bonds is 5. The third-order valence-electron chi connectivity index (χ3n) is 5.01. The van der Waals surface area contributed by atoms with Gasteiger partial charge in [0.2, 0.25) is 4.96 Å². The summed E-state index contributed by atoms with van der Waals surface area (Å²) < 4.78 is 12.3. The number of hydrogen-bond donors (Lipinski definition) is 0. The molecular formula is C25H17N3O5S. The number of fused-ring (bicyclic) bond motifs is 1. The van der Waals surface area contributed by atoms with E-state index in [0.717, 1.165) is 21.4 Å². The van der Waals surface area contributed by atoms with Crippen molar-refractivity contribution in [2.45, 2.75) is 6.92 Å². The number of benzene rings is 2. The number of carbonyl (C=O) groups is 1. The molecule has 0 fully saturated rings. The number of thiazole rings is 1. The Kier molecular flexibility index (Phi) is 5.60. The molecule has 0 spiro atoms. The molecule has 0 radical (unpaired) electrons. The maximum atomic E-state index is 12.9. The van der Waals surface area contributed by atoms with E-state index >= 15 is 0 Å². The lowest BCUT2D eigenvalue weighted by Gasteiger charge is -2.02. The first-order valence-electron chi connectivity index (χ1n) is 10.4. The fraction of sp³-hybridized carbons (Fsp3) is 0.0800. The molecule has 0 unspecified atom stereocenters. The molecule has 0 saturated heterocycles. The van der Waals surface area contributed by atoms with Gasteiger partial charge in [0, 0.05) is 17.2 Å². The van der Waals surface area contributed by atoms with E-state index in [1.54, 1.807) is 73.7 Å². The topological polar surface area (TPSA) is 104 Å². The minimum absolute atomic E-state index is 0.117. The van der Waals surface area contributed by atoms with Gasteiger partial charge >= 0.3 is 11.5 Å². The van der Waals surface area contributed by atoms with Crippen molar-refractivity contribution >= 4 is 28.3 Å². The molecule has 0 atom stereocenters. The normalized spacial score (nSPS) is 11.7. The van der Waals surface area contributed by atoms with Crippen molar-refractivity contribution in [2.24, 2.45) is 0 Å². The van der Waals surface area contributed by atoms with Gasteiger partial charge in [-0.2, -0.15) is 14.6 Å². The second-order valence-corrected chi connectivity index (χ2v) is 8.25. The van der Waals surface area contributed by atoms with Crippen LogP contribution in [0.5, 0.6) is 0 Å². The zero-order chi connectivity index (χ0) is 23.7. The molecule has 0 N–H and O–H groups in total. The van der Waals surface area contributed by atoms with E-state index in [9.17, 15) is 14.4 Å². The van der Waals surface area contributed by atoms with Crippen molar-refractivity contribution in [3.8, 4) is 22.6 Å². The summed E-state index contributed by atoms with van der Waals surface area (Å²) in [6.45, 7) is 2.06. The van der Waals surface area contributed by atoms with Gasteiger partial charge in [-0.1, -0.05) is 53.8 Å². The van der Waals surface area contributed by atoms with Crippen molar-refractivity contribution in [1.29, 1.82) is 0 Å². The van der Waals surface area contributed by atoms with Crippen LogP contribution in [0.2, 0.25) is 0 Å². The summed E-state index contributed by atoms with van der Waals surface area (Å²) in [5, 5.41) is 4.25. The molecule has 0 saturated carbocycles. The van der Waals surface area contributed by atoms with E-state index in [0.29, 0.717) is 33.8 Å². The first-order valence-corrected chi connectivity index (χ1v) is 11.2. The first kappa shape index (κ1) is 21.5. The van der Waals surface area contributed by atoms with Crippen LogP contribution in [0.1, 0.15) is 23.0 Å². The van der Waals surface area contributed by atoms with Crippen LogP contribution in [0.3, 0.4) is 0 Å². The minimum Gasteiger partial charge on any atom is -0.462 e. The number of aromatic nitrogens is 3. The maximum absolute atomic E-state index is 12.9. The summed E-state index contributed by atoms with van der Waals surface area (Å²) in [6.07, 6.45) is 1.59. The van der Waals surface area contributed by atoms with Gasteiger partial charge in [-0.25, -0.2) is 4.79 Å². The summed E-state index contributed by atoms with van der Waals surface area (Å²) >= 11 is 1.06. The molecule has 3 aromatic heterocycles. The van der Waals surface area contributed by atoms with Crippen LogP contribution in [0.4, 0.5) is 0 Å². The average Bonchev–Trinajstić information content (AvgIpc) is 3.44. The summed E-state index contributed by atoms with van der Waals surface area (Å²) in [4.78, 5) is 41.4. The van der Waals surface area contributed by atoms with Crippen molar-refractivity contribution in [3.05, 3.63) is 103 Å². The highest BCUT2D eigenvalue weighted by molar-refractivity contribution is 7.15. The molecular weight excluding hydrogens is 454 g/mol. The molecule has 3 heterocycles. The Morgan fingerprint density at radius 3 is 2.53 bits per heavy atom. The Morgan fingerprint density at radius 1 is 1.03 bits per heavy atom. The van der Waals surface area contributed by atoms with E-state index in [1.807, 2.05) is 6.07 Å². The van der Waals surface area contributed by atoms with Crippen molar-refractivity contribution < 1.29 is 13.9 Å². The van der Waals surface area contributed by atoms with Crippen LogP contribution in [0.25, 0.3) is 33.6 Å². The van der Waals surface area contributed by atoms with Gasteiger partial charge in [-0.3, -0.25) is 9.59 Å². The molecule has 0 aliphatic heterocycles. The molecule has 0 bridgehead atoms. The van der Waals surface area contributed by atoms with Crippen molar-refractivity contribution in [1.82, 2.24) is 14.6 Å². The summed E-state index contributed by atoms with van der Waals surface area (Å²) in [6, 6.07) is 19.3. The highest BCUT2D eigenvalue weighted by atomic mass is 32.1. The summed E-state index contributed by atoms with van der Waals surface area (Å²) in [5.41, 5.74) is 1.05. The highest BCUT2D eigenvalue weighted by Crippen LogP contribution is 2.23. The van der Waals surface area contributed by atoms with Crippen LogP contribution in [0, 0.1) is 0 Å². The fourth-order valence-electron chi connectivity index (χ4n) is 3.39. The second kappa shape index (κ2) is 8.87. The molecule has 34 heavy (non-hydrogen) atoms.